The van der Waals surface area contributed by atoms with Crippen LogP contribution in [0, 0.1) is 5.41 Å². The van der Waals surface area contributed by atoms with E-state index in [1.54, 1.807) is 20.4 Å². The van der Waals surface area contributed by atoms with Crippen molar-refractivity contribution in [2.45, 2.75) is 19.3 Å². The molecule has 1 spiro atoms. The summed E-state index contributed by atoms with van der Waals surface area (Å²) in [6.07, 6.45) is 4.84. The van der Waals surface area contributed by atoms with E-state index in [0.717, 1.165) is 67.1 Å². The second-order valence-electron chi connectivity index (χ2n) is 8.32. The lowest BCUT2D eigenvalue weighted by Crippen LogP contribution is -2.37. The number of thiazole rings is 1. The molecule has 9 heteroatoms. The molecule has 2 aliphatic rings. The molecule has 5 rings (SSSR count). The zero-order chi connectivity index (χ0) is 22.1. The third kappa shape index (κ3) is 3.86. The molecule has 1 aromatic carbocycles. The number of carbonyl (C=O) groups excluding carboxylic acids is 1. The molecule has 0 aliphatic carbocycles. The number of nitrogens with one attached hydrogen (secondary N) is 1. The summed E-state index contributed by atoms with van der Waals surface area (Å²) in [6.45, 7) is 3.10. The van der Waals surface area contributed by atoms with Crippen LogP contribution in [-0.4, -0.2) is 61.4 Å². The number of carbonyl (C=O) groups is 1. The van der Waals surface area contributed by atoms with E-state index in [0.29, 0.717) is 16.5 Å². The number of methoxy groups -OCH3 is 2. The van der Waals surface area contributed by atoms with Crippen LogP contribution in [0.2, 0.25) is 0 Å². The van der Waals surface area contributed by atoms with Crippen LogP contribution in [0.3, 0.4) is 0 Å². The first-order valence-electron chi connectivity index (χ1n) is 10.7. The Kier molecular flexibility index (Phi) is 5.60. The topological polar surface area (TPSA) is 85.8 Å². The number of urea groups is 1. The molecule has 0 bridgehead atoms. The van der Waals surface area contributed by atoms with Crippen LogP contribution in [0.1, 0.15) is 19.3 Å². The molecule has 1 N–H and O–H groups in total. The number of pyridine rings is 1. The minimum absolute atomic E-state index is 0.109. The van der Waals surface area contributed by atoms with Crippen molar-refractivity contribution >= 4 is 32.7 Å². The van der Waals surface area contributed by atoms with Gasteiger partial charge >= 0.3 is 6.03 Å². The van der Waals surface area contributed by atoms with Gasteiger partial charge < -0.3 is 19.1 Å². The second-order valence-corrected chi connectivity index (χ2v) is 9.32. The number of hydrogen-bond acceptors (Lipinski definition) is 7. The summed E-state index contributed by atoms with van der Waals surface area (Å²) in [5.41, 5.74) is 2.72. The van der Waals surface area contributed by atoms with E-state index in [4.69, 9.17) is 14.2 Å². The van der Waals surface area contributed by atoms with Crippen LogP contribution in [0.15, 0.2) is 30.5 Å². The van der Waals surface area contributed by atoms with Crippen LogP contribution in [0.25, 0.3) is 21.3 Å². The quantitative estimate of drug-likeness (QED) is 0.629. The maximum atomic E-state index is 13.0. The van der Waals surface area contributed by atoms with Gasteiger partial charge in [-0.2, -0.15) is 0 Å². The predicted molar refractivity (Wildman–Crippen MR) is 124 cm³/mol. The van der Waals surface area contributed by atoms with Crippen LogP contribution in [-0.2, 0) is 4.74 Å². The lowest BCUT2D eigenvalue weighted by Gasteiger charge is -2.33. The molecule has 2 aliphatic heterocycles. The highest BCUT2D eigenvalue weighted by molar-refractivity contribution is 7.23. The maximum Gasteiger partial charge on any atom is 0.323 e. The minimum Gasteiger partial charge on any atom is -0.497 e. The lowest BCUT2D eigenvalue weighted by atomic mass is 9.80. The number of nitrogens with zero attached hydrogens (tertiary/aromatic N) is 3. The molecule has 8 nitrogen and oxygen atoms in total. The molecule has 0 atom stereocenters. The van der Waals surface area contributed by atoms with Gasteiger partial charge in [-0.05, 0) is 42.4 Å². The molecule has 0 saturated carbocycles. The van der Waals surface area contributed by atoms with Gasteiger partial charge in [0, 0.05) is 38.1 Å². The molecular weight excluding hydrogens is 428 g/mol. The van der Waals surface area contributed by atoms with Gasteiger partial charge in [0.05, 0.1) is 18.9 Å². The SMILES string of the molecule is COc1cccc(-c2cnc(OC)c3nc(NC(=O)N4CCC5(CCOCC5)C4)sc23)c1. The van der Waals surface area contributed by atoms with Gasteiger partial charge in [0.15, 0.2) is 5.13 Å². The smallest absolute Gasteiger partial charge is 0.323 e. The van der Waals surface area contributed by atoms with E-state index < -0.39 is 0 Å². The van der Waals surface area contributed by atoms with E-state index in [2.05, 4.69) is 15.3 Å². The largest absolute Gasteiger partial charge is 0.497 e. The van der Waals surface area contributed by atoms with E-state index in [1.165, 1.54) is 11.3 Å². The average molecular weight is 455 g/mol. The number of fused-ring (bicyclic) bond motifs is 1. The van der Waals surface area contributed by atoms with E-state index in [9.17, 15) is 4.79 Å². The van der Waals surface area contributed by atoms with E-state index in [-0.39, 0.29) is 11.4 Å². The van der Waals surface area contributed by atoms with Crippen molar-refractivity contribution in [3.63, 3.8) is 0 Å². The zero-order valence-electron chi connectivity index (χ0n) is 18.2. The summed E-state index contributed by atoms with van der Waals surface area (Å²) in [5, 5.41) is 3.54. The van der Waals surface area contributed by atoms with Crippen LogP contribution in [0.5, 0.6) is 11.6 Å². The molecule has 2 aromatic heterocycles. The number of rotatable bonds is 4. The molecule has 2 saturated heterocycles. The number of benzene rings is 1. The third-order valence-electron chi connectivity index (χ3n) is 6.45. The Bertz CT molecular complexity index is 1140. The molecule has 3 aromatic rings. The average Bonchev–Trinajstić information content (AvgIpc) is 3.43. The van der Waals surface area contributed by atoms with Crippen molar-refractivity contribution in [3.05, 3.63) is 30.5 Å². The molecule has 0 radical (unpaired) electrons. The van der Waals surface area contributed by atoms with Crippen LogP contribution >= 0.6 is 11.3 Å². The summed E-state index contributed by atoms with van der Waals surface area (Å²) < 4.78 is 17.2. The predicted octanol–water partition coefficient (Wildman–Crippen LogP) is 4.41. The Morgan fingerprint density at radius 1 is 1.22 bits per heavy atom. The molecule has 2 fully saturated rings. The van der Waals surface area contributed by atoms with E-state index >= 15 is 0 Å². The van der Waals surface area contributed by atoms with Crippen molar-refractivity contribution in [1.29, 1.82) is 0 Å². The first-order chi connectivity index (χ1) is 15.6. The summed E-state index contributed by atoms with van der Waals surface area (Å²) >= 11 is 1.43. The van der Waals surface area contributed by atoms with Crippen LogP contribution < -0.4 is 14.8 Å². The van der Waals surface area contributed by atoms with Gasteiger partial charge in [0.1, 0.15) is 11.3 Å². The first kappa shape index (κ1) is 21.0. The number of likely N-dealkylation sites (tertiary alicyclic amines) is 1. The first-order valence-corrected chi connectivity index (χ1v) is 11.5. The Balaban J connectivity index is 1.42. The summed E-state index contributed by atoms with van der Waals surface area (Å²) in [5.74, 6) is 1.20. The molecule has 0 unspecified atom stereocenters. The van der Waals surface area contributed by atoms with Gasteiger partial charge in [-0.25, -0.2) is 14.8 Å². The summed E-state index contributed by atoms with van der Waals surface area (Å²) in [7, 11) is 3.21. The highest BCUT2D eigenvalue weighted by Gasteiger charge is 2.41. The van der Waals surface area contributed by atoms with Gasteiger partial charge in [-0.15, -0.1) is 0 Å². The fraction of sp³-hybridized carbons (Fsp3) is 0.435. The molecule has 32 heavy (non-hydrogen) atoms. The number of hydrogen-bond donors (Lipinski definition) is 1. The third-order valence-corrected chi connectivity index (χ3v) is 7.46. The lowest BCUT2D eigenvalue weighted by molar-refractivity contribution is 0.0211. The van der Waals surface area contributed by atoms with Crippen molar-refractivity contribution in [2.24, 2.45) is 5.41 Å². The monoisotopic (exact) mass is 454 g/mol. The number of aromatic nitrogens is 2. The highest BCUT2D eigenvalue weighted by atomic mass is 32.1. The maximum absolute atomic E-state index is 13.0. The number of amides is 2. The molecule has 168 valence electrons. The Morgan fingerprint density at radius 3 is 2.84 bits per heavy atom. The van der Waals surface area contributed by atoms with Gasteiger partial charge in [-0.3, -0.25) is 5.32 Å². The second kappa shape index (κ2) is 8.55. The summed E-state index contributed by atoms with van der Waals surface area (Å²) in [4.78, 5) is 24.0. The van der Waals surface area contributed by atoms with Gasteiger partial charge in [0.25, 0.3) is 0 Å². The molecule has 4 heterocycles. The minimum atomic E-state index is -0.109. The highest BCUT2D eigenvalue weighted by Crippen LogP contribution is 2.41. The van der Waals surface area contributed by atoms with Gasteiger partial charge in [-0.1, -0.05) is 23.5 Å². The van der Waals surface area contributed by atoms with Crippen molar-refractivity contribution < 1.29 is 19.0 Å². The fourth-order valence-corrected chi connectivity index (χ4v) is 5.56. The van der Waals surface area contributed by atoms with Crippen molar-refractivity contribution in [3.8, 4) is 22.8 Å². The fourth-order valence-electron chi connectivity index (χ4n) is 4.58. The van der Waals surface area contributed by atoms with Crippen molar-refractivity contribution in [2.75, 3.05) is 45.8 Å². The standard InChI is InChI=1S/C23H26N4O4S/c1-29-16-5-3-4-15(12-16)17-13-24-20(30-2)18-19(17)32-21(25-18)26-22(28)27-9-6-23(14-27)7-10-31-11-8-23/h3-5,12-13H,6-11,14H2,1-2H3,(H,25,26,28). The molecule has 2 amide bonds. The van der Waals surface area contributed by atoms with E-state index in [1.807, 2.05) is 29.2 Å². The molecular formula is C23H26N4O4S. The number of ether oxygens (including phenoxy) is 3. The normalized spacial score (nSPS) is 17.6. The Hall–Kier alpha value is -2.91. The Labute approximate surface area is 190 Å². The Morgan fingerprint density at radius 2 is 2.06 bits per heavy atom. The summed E-state index contributed by atoms with van der Waals surface area (Å²) in [6, 6.07) is 7.69. The van der Waals surface area contributed by atoms with Crippen molar-refractivity contribution in [1.82, 2.24) is 14.9 Å². The van der Waals surface area contributed by atoms with Crippen LogP contribution in [0.4, 0.5) is 9.93 Å². The zero-order valence-corrected chi connectivity index (χ0v) is 19.0. The number of anilines is 1. The van der Waals surface area contributed by atoms with Gasteiger partial charge in [0.2, 0.25) is 5.88 Å².